The molecule has 0 saturated carbocycles. The number of nitrogens with two attached hydrogens (primary N) is 2. The van der Waals surface area contributed by atoms with Crippen molar-refractivity contribution in [3.05, 3.63) is 0 Å². The van der Waals surface area contributed by atoms with Crippen molar-refractivity contribution in [2.24, 2.45) is 21.9 Å². The molecule has 0 rings (SSSR count). The average molecular weight is 300 g/mol. The van der Waals surface area contributed by atoms with Crippen LogP contribution in [-0.4, -0.2) is 35.5 Å². The number of nitrogens with one attached hydrogen (secondary N) is 1. The largest absolute Gasteiger partial charge is 0.480 e. The molecule has 0 fully saturated rings. The SMILES string of the molecule is CCC[C@@](C)(CC)C(=O)NC(CCCN=C(N)N)C(=O)O. The Morgan fingerprint density at radius 2 is 1.95 bits per heavy atom. The number of amides is 1. The van der Waals surface area contributed by atoms with Crippen LogP contribution in [0.25, 0.3) is 0 Å². The summed E-state index contributed by atoms with van der Waals surface area (Å²) in [6, 6.07) is -0.908. The highest BCUT2D eigenvalue weighted by Gasteiger charge is 2.33. The van der Waals surface area contributed by atoms with Gasteiger partial charge in [-0.25, -0.2) is 4.79 Å². The van der Waals surface area contributed by atoms with Crippen LogP contribution < -0.4 is 16.8 Å². The predicted octanol–water partition coefficient (Wildman–Crippen LogP) is 0.826. The summed E-state index contributed by atoms with van der Waals surface area (Å²) in [5, 5.41) is 11.8. The molecule has 0 aromatic rings. The fraction of sp³-hybridized carbons (Fsp3) is 0.786. The van der Waals surface area contributed by atoms with Gasteiger partial charge in [0.25, 0.3) is 0 Å². The molecule has 0 radical (unpaired) electrons. The van der Waals surface area contributed by atoms with E-state index in [4.69, 9.17) is 11.5 Å². The second kappa shape index (κ2) is 9.20. The Hall–Kier alpha value is -1.79. The predicted molar refractivity (Wildman–Crippen MR) is 82.8 cm³/mol. The van der Waals surface area contributed by atoms with Gasteiger partial charge in [-0.3, -0.25) is 9.79 Å². The maximum absolute atomic E-state index is 12.3. The maximum atomic E-state index is 12.3. The molecule has 0 saturated heterocycles. The smallest absolute Gasteiger partial charge is 0.326 e. The molecule has 0 aliphatic heterocycles. The van der Waals surface area contributed by atoms with E-state index in [1.165, 1.54) is 0 Å². The average Bonchev–Trinajstić information content (AvgIpc) is 2.41. The van der Waals surface area contributed by atoms with Crippen LogP contribution >= 0.6 is 0 Å². The minimum absolute atomic E-state index is 0.0209. The van der Waals surface area contributed by atoms with Crippen LogP contribution in [0.1, 0.15) is 52.9 Å². The van der Waals surface area contributed by atoms with Crippen LogP contribution in [0, 0.1) is 5.41 Å². The van der Waals surface area contributed by atoms with E-state index in [-0.39, 0.29) is 11.9 Å². The molecule has 122 valence electrons. The lowest BCUT2D eigenvalue weighted by Crippen LogP contribution is -2.47. The summed E-state index contributed by atoms with van der Waals surface area (Å²) in [7, 11) is 0. The van der Waals surface area contributed by atoms with Gasteiger partial charge in [0.2, 0.25) is 5.91 Å². The second-order valence-electron chi connectivity index (χ2n) is 5.48. The molecular formula is C14H28N4O3. The number of hydrogen-bond acceptors (Lipinski definition) is 3. The van der Waals surface area contributed by atoms with Gasteiger partial charge in [-0.05, 0) is 25.7 Å². The van der Waals surface area contributed by atoms with Gasteiger partial charge in [0.1, 0.15) is 6.04 Å². The zero-order valence-electron chi connectivity index (χ0n) is 13.2. The maximum Gasteiger partial charge on any atom is 0.326 e. The fourth-order valence-corrected chi connectivity index (χ4v) is 2.10. The highest BCUT2D eigenvalue weighted by molar-refractivity contribution is 5.87. The number of carbonyl (C=O) groups is 2. The molecule has 21 heavy (non-hydrogen) atoms. The molecule has 0 spiro atoms. The van der Waals surface area contributed by atoms with E-state index in [0.29, 0.717) is 25.8 Å². The molecule has 0 aromatic heterocycles. The molecule has 7 nitrogen and oxygen atoms in total. The third-order valence-corrected chi connectivity index (χ3v) is 3.68. The normalized spacial score (nSPS) is 14.8. The van der Waals surface area contributed by atoms with Crippen molar-refractivity contribution in [1.82, 2.24) is 5.32 Å². The number of rotatable bonds is 10. The van der Waals surface area contributed by atoms with E-state index < -0.39 is 17.4 Å². The van der Waals surface area contributed by atoms with E-state index in [1.54, 1.807) is 0 Å². The number of carbonyl (C=O) groups excluding carboxylic acids is 1. The third kappa shape index (κ3) is 6.97. The first-order valence-electron chi connectivity index (χ1n) is 7.36. The fourth-order valence-electron chi connectivity index (χ4n) is 2.10. The number of aliphatic imine (C=N–C) groups is 1. The molecular weight excluding hydrogens is 272 g/mol. The second-order valence-corrected chi connectivity index (χ2v) is 5.48. The van der Waals surface area contributed by atoms with Gasteiger partial charge in [0, 0.05) is 12.0 Å². The Morgan fingerprint density at radius 1 is 1.33 bits per heavy atom. The number of nitrogens with zero attached hydrogens (tertiary/aromatic N) is 1. The van der Waals surface area contributed by atoms with Crippen LogP contribution in [-0.2, 0) is 9.59 Å². The summed E-state index contributed by atoms with van der Waals surface area (Å²) in [6.07, 6.45) is 3.07. The standard InChI is InChI=1S/C14H28N4O3/c1-4-8-14(3,5-2)12(21)18-10(11(19)20)7-6-9-17-13(15)16/h10H,4-9H2,1-3H3,(H,18,21)(H,19,20)(H4,15,16,17)/t10?,14-/m1/s1. The van der Waals surface area contributed by atoms with Crippen LogP contribution in [0.3, 0.4) is 0 Å². The van der Waals surface area contributed by atoms with Crippen LogP contribution in [0.2, 0.25) is 0 Å². The monoisotopic (exact) mass is 300 g/mol. The van der Waals surface area contributed by atoms with Crippen LogP contribution in [0.5, 0.6) is 0 Å². The summed E-state index contributed by atoms with van der Waals surface area (Å²) < 4.78 is 0. The number of carboxylic acid groups (broad SMARTS) is 1. The molecule has 6 N–H and O–H groups in total. The molecule has 0 aliphatic carbocycles. The Bertz CT molecular complexity index is 380. The van der Waals surface area contributed by atoms with Gasteiger partial charge in [-0.15, -0.1) is 0 Å². The number of aliphatic carboxylic acids is 1. The summed E-state index contributed by atoms with van der Waals surface area (Å²) in [5.41, 5.74) is 9.87. The van der Waals surface area contributed by atoms with Crippen LogP contribution in [0.15, 0.2) is 4.99 Å². The Kier molecular flexibility index (Phi) is 8.42. The Morgan fingerprint density at radius 3 is 2.38 bits per heavy atom. The van der Waals surface area contributed by atoms with Crippen molar-refractivity contribution in [2.75, 3.05) is 6.54 Å². The number of carboxylic acids is 1. The van der Waals surface area contributed by atoms with E-state index >= 15 is 0 Å². The van der Waals surface area contributed by atoms with Crippen molar-refractivity contribution >= 4 is 17.8 Å². The quantitative estimate of drug-likeness (QED) is 0.269. The lowest BCUT2D eigenvalue weighted by Gasteiger charge is -2.28. The molecule has 1 amide bonds. The molecule has 0 heterocycles. The first-order chi connectivity index (χ1) is 9.76. The van der Waals surface area contributed by atoms with Crippen molar-refractivity contribution in [3.8, 4) is 0 Å². The summed E-state index contributed by atoms with van der Waals surface area (Å²) in [4.78, 5) is 27.3. The summed E-state index contributed by atoms with van der Waals surface area (Å²) in [5.74, 6) is -1.27. The van der Waals surface area contributed by atoms with Gasteiger partial charge in [-0.1, -0.05) is 27.2 Å². The summed E-state index contributed by atoms with van der Waals surface area (Å²) in [6.45, 7) is 6.15. The minimum Gasteiger partial charge on any atom is -0.480 e. The van der Waals surface area contributed by atoms with Gasteiger partial charge < -0.3 is 21.9 Å². The first kappa shape index (κ1) is 19.2. The van der Waals surface area contributed by atoms with E-state index in [0.717, 1.165) is 12.8 Å². The van der Waals surface area contributed by atoms with Gasteiger partial charge >= 0.3 is 5.97 Å². The Labute approximate surface area is 126 Å². The summed E-state index contributed by atoms with van der Waals surface area (Å²) >= 11 is 0. The van der Waals surface area contributed by atoms with Crippen molar-refractivity contribution in [3.63, 3.8) is 0 Å². The minimum atomic E-state index is -1.04. The van der Waals surface area contributed by atoms with Crippen molar-refractivity contribution < 1.29 is 14.7 Å². The zero-order valence-corrected chi connectivity index (χ0v) is 13.2. The lowest BCUT2D eigenvalue weighted by molar-refractivity contribution is -0.144. The molecule has 7 heteroatoms. The molecule has 0 bridgehead atoms. The molecule has 0 aliphatic rings. The number of hydrogen-bond donors (Lipinski definition) is 4. The van der Waals surface area contributed by atoms with E-state index in [2.05, 4.69) is 10.3 Å². The topological polar surface area (TPSA) is 131 Å². The third-order valence-electron chi connectivity index (χ3n) is 3.68. The molecule has 0 aromatic carbocycles. The van der Waals surface area contributed by atoms with Crippen LogP contribution in [0.4, 0.5) is 0 Å². The zero-order chi connectivity index (χ0) is 16.5. The number of guanidine groups is 1. The van der Waals surface area contributed by atoms with Gasteiger partial charge in [-0.2, -0.15) is 0 Å². The Balaban J connectivity index is 4.59. The van der Waals surface area contributed by atoms with Crippen molar-refractivity contribution in [2.45, 2.75) is 58.9 Å². The van der Waals surface area contributed by atoms with Gasteiger partial charge in [0.15, 0.2) is 5.96 Å². The molecule has 1 unspecified atom stereocenters. The van der Waals surface area contributed by atoms with Crippen molar-refractivity contribution in [1.29, 1.82) is 0 Å². The first-order valence-corrected chi connectivity index (χ1v) is 7.36. The van der Waals surface area contributed by atoms with Gasteiger partial charge in [0.05, 0.1) is 0 Å². The lowest BCUT2D eigenvalue weighted by atomic mass is 9.81. The highest BCUT2D eigenvalue weighted by atomic mass is 16.4. The highest BCUT2D eigenvalue weighted by Crippen LogP contribution is 2.27. The van der Waals surface area contributed by atoms with E-state index in [1.807, 2.05) is 20.8 Å². The van der Waals surface area contributed by atoms with E-state index in [9.17, 15) is 14.7 Å². The molecule has 2 atom stereocenters.